The van der Waals surface area contributed by atoms with E-state index < -0.39 is 0 Å². The van der Waals surface area contributed by atoms with Gasteiger partial charge in [-0.1, -0.05) is 25.7 Å². The smallest absolute Gasteiger partial charge is 0.315 e. The normalized spacial score (nSPS) is 23.8. The fourth-order valence-corrected chi connectivity index (χ4v) is 3.21. The molecule has 1 aliphatic heterocycles. The predicted octanol–water partition coefficient (Wildman–Crippen LogP) is 2.49. The van der Waals surface area contributed by atoms with Gasteiger partial charge >= 0.3 is 6.03 Å². The van der Waals surface area contributed by atoms with Crippen LogP contribution >= 0.6 is 0 Å². The van der Waals surface area contributed by atoms with E-state index in [0.717, 1.165) is 19.4 Å². The van der Waals surface area contributed by atoms with Crippen LogP contribution in [0.5, 0.6) is 0 Å². The summed E-state index contributed by atoms with van der Waals surface area (Å²) in [7, 11) is 0. The monoisotopic (exact) mass is 267 g/mol. The first-order chi connectivity index (χ1) is 9.25. The van der Waals surface area contributed by atoms with Gasteiger partial charge in [-0.25, -0.2) is 4.79 Å². The molecule has 0 bridgehead atoms. The summed E-state index contributed by atoms with van der Waals surface area (Å²) in [4.78, 5) is 14.3. The first kappa shape index (κ1) is 14.6. The van der Waals surface area contributed by atoms with Crippen molar-refractivity contribution in [2.45, 2.75) is 70.4 Å². The maximum Gasteiger partial charge on any atom is 0.315 e. The fourth-order valence-electron chi connectivity index (χ4n) is 3.21. The summed E-state index contributed by atoms with van der Waals surface area (Å²) < 4.78 is 0. The standard InChI is InChI=1S/C15H29N3O/c1-13(18-10-6-3-7-11-18)12-16-15(19)17-14-8-4-2-5-9-14/h13-14H,2-12H2,1H3,(H2,16,17,19). The molecule has 1 aliphatic carbocycles. The Bertz CT molecular complexity index is 271. The van der Waals surface area contributed by atoms with E-state index in [1.165, 1.54) is 51.6 Å². The second-order valence-electron chi connectivity index (χ2n) is 6.13. The third kappa shape index (κ3) is 5.01. The molecule has 0 aromatic rings. The maximum atomic E-state index is 11.9. The number of hydrogen-bond donors (Lipinski definition) is 2. The lowest BCUT2D eigenvalue weighted by atomic mass is 9.96. The van der Waals surface area contributed by atoms with Crippen molar-refractivity contribution in [3.63, 3.8) is 0 Å². The van der Waals surface area contributed by atoms with Crippen molar-refractivity contribution >= 4 is 6.03 Å². The molecule has 1 heterocycles. The van der Waals surface area contributed by atoms with Crippen LogP contribution in [-0.4, -0.2) is 42.6 Å². The van der Waals surface area contributed by atoms with Gasteiger partial charge in [0.25, 0.3) is 0 Å². The molecule has 0 aromatic heterocycles. The van der Waals surface area contributed by atoms with Crippen molar-refractivity contribution in [2.75, 3.05) is 19.6 Å². The number of urea groups is 1. The number of carbonyl (C=O) groups excluding carboxylic acids is 1. The highest BCUT2D eigenvalue weighted by Crippen LogP contribution is 2.17. The van der Waals surface area contributed by atoms with E-state index in [2.05, 4.69) is 22.5 Å². The average molecular weight is 267 g/mol. The molecular weight excluding hydrogens is 238 g/mol. The second kappa shape index (κ2) is 7.73. The molecule has 1 atom stereocenters. The van der Waals surface area contributed by atoms with Crippen LogP contribution in [0.3, 0.4) is 0 Å². The predicted molar refractivity (Wildman–Crippen MR) is 78.3 cm³/mol. The van der Waals surface area contributed by atoms with Crippen molar-refractivity contribution < 1.29 is 4.79 Å². The molecule has 2 rings (SSSR count). The van der Waals surface area contributed by atoms with Crippen molar-refractivity contribution in [3.8, 4) is 0 Å². The van der Waals surface area contributed by atoms with Gasteiger partial charge in [0.2, 0.25) is 0 Å². The zero-order valence-electron chi connectivity index (χ0n) is 12.3. The zero-order chi connectivity index (χ0) is 13.5. The number of nitrogens with one attached hydrogen (secondary N) is 2. The van der Waals surface area contributed by atoms with Crippen molar-refractivity contribution in [1.82, 2.24) is 15.5 Å². The molecule has 1 saturated carbocycles. The highest BCUT2D eigenvalue weighted by molar-refractivity contribution is 5.74. The first-order valence-electron chi connectivity index (χ1n) is 8.04. The molecule has 110 valence electrons. The number of rotatable bonds is 4. The van der Waals surface area contributed by atoms with Gasteiger partial charge in [-0.05, 0) is 45.7 Å². The molecule has 19 heavy (non-hydrogen) atoms. The van der Waals surface area contributed by atoms with Crippen LogP contribution in [0, 0.1) is 0 Å². The zero-order valence-corrected chi connectivity index (χ0v) is 12.3. The Morgan fingerprint density at radius 2 is 1.74 bits per heavy atom. The van der Waals surface area contributed by atoms with Gasteiger partial charge in [0.05, 0.1) is 0 Å². The number of nitrogens with zero attached hydrogens (tertiary/aromatic N) is 1. The number of piperidine rings is 1. The van der Waals surface area contributed by atoms with E-state index in [1.807, 2.05) is 0 Å². The van der Waals surface area contributed by atoms with E-state index in [9.17, 15) is 4.79 Å². The van der Waals surface area contributed by atoms with E-state index in [4.69, 9.17) is 0 Å². The Morgan fingerprint density at radius 1 is 1.11 bits per heavy atom. The van der Waals surface area contributed by atoms with Gasteiger partial charge in [-0.3, -0.25) is 4.90 Å². The van der Waals surface area contributed by atoms with Crippen LogP contribution < -0.4 is 10.6 Å². The second-order valence-corrected chi connectivity index (χ2v) is 6.13. The summed E-state index contributed by atoms with van der Waals surface area (Å²) in [6.07, 6.45) is 10.1. The quantitative estimate of drug-likeness (QED) is 0.822. The van der Waals surface area contributed by atoms with Crippen molar-refractivity contribution in [2.24, 2.45) is 0 Å². The lowest BCUT2D eigenvalue weighted by Gasteiger charge is -2.32. The fraction of sp³-hybridized carbons (Fsp3) is 0.933. The third-order valence-electron chi connectivity index (χ3n) is 4.51. The molecule has 4 heteroatoms. The van der Waals surface area contributed by atoms with Crippen LogP contribution in [0.4, 0.5) is 4.79 Å². The lowest BCUT2D eigenvalue weighted by molar-refractivity contribution is 0.169. The van der Waals surface area contributed by atoms with Gasteiger partial charge in [0.1, 0.15) is 0 Å². The molecule has 0 spiro atoms. The summed E-state index contributed by atoms with van der Waals surface area (Å²) in [5, 5.41) is 6.14. The van der Waals surface area contributed by atoms with E-state index in [1.54, 1.807) is 0 Å². The summed E-state index contributed by atoms with van der Waals surface area (Å²) in [5.41, 5.74) is 0. The number of amides is 2. The molecule has 1 saturated heterocycles. The van der Waals surface area contributed by atoms with Crippen LogP contribution in [0.1, 0.15) is 58.3 Å². The van der Waals surface area contributed by atoms with Crippen molar-refractivity contribution in [3.05, 3.63) is 0 Å². The Balaban J connectivity index is 1.61. The number of carbonyl (C=O) groups is 1. The van der Waals surface area contributed by atoms with E-state index in [-0.39, 0.29) is 6.03 Å². The van der Waals surface area contributed by atoms with Gasteiger partial charge in [0, 0.05) is 18.6 Å². The van der Waals surface area contributed by atoms with Gasteiger partial charge in [-0.2, -0.15) is 0 Å². The largest absolute Gasteiger partial charge is 0.337 e. The first-order valence-corrected chi connectivity index (χ1v) is 8.04. The Hall–Kier alpha value is -0.770. The highest BCUT2D eigenvalue weighted by Gasteiger charge is 2.18. The van der Waals surface area contributed by atoms with Crippen molar-refractivity contribution in [1.29, 1.82) is 0 Å². The minimum atomic E-state index is 0.0239. The lowest BCUT2D eigenvalue weighted by Crippen LogP contribution is -2.48. The maximum absolute atomic E-state index is 11.9. The average Bonchev–Trinajstić information content (AvgIpc) is 2.47. The Morgan fingerprint density at radius 3 is 2.42 bits per heavy atom. The molecule has 4 nitrogen and oxygen atoms in total. The van der Waals surface area contributed by atoms with Crippen LogP contribution in [-0.2, 0) is 0 Å². The molecular formula is C15H29N3O. The van der Waals surface area contributed by atoms with Crippen LogP contribution in [0.15, 0.2) is 0 Å². The molecule has 0 aromatic carbocycles. The van der Waals surface area contributed by atoms with Crippen LogP contribution in [0.25, 0.3) is 0 Å². The Kier molecular flexibility index (Phi) is 5.95. The molecule has 2 fully saturated rings. The molecule has 2 aliphatic rings. The van der Waals surface area contributed by atoms with E-state index in [0.29, 0.717) is 12.1 Å². The highest BCUT2D eigenvalue weighted by atomic mass is 16.2. The van der Waals surface area contributed by atoms with Gasteiger partial charge < -0.3 is 10.6 Å². The van der Waals surface area contributed by atoms with Gasteiger partial charge in [0.15, 0.2) is 0 Å². The number of hydrogen-bond acceptors (Lipinski definition) is 2. The summed E-state index contributed by atoms with van der Waals surface area (Å²) in [5.74, 6) is 0. The topological polar surface area (TPSA) is 44.4 Å². The molecule has 2 amide bonds. The van der Waals surface area contributed by atoms with E-state index >= 15 is 0 Å². The van der Waals surface area contributed by atoms with Crippen LogP contribution in [0.2, 0.25) is 0 Å². The summed E-state index contributed by atoms with van der Waals surface area (Å²) in [6, 6.07) is 0.882. The molecule has 0 radical (unpaired) electrons. The Labute approximate surface area is 117 Å². The SMILES string of the molecule is CC(CNC(=O)NC1CCCCC1)N1CCCCC1. The number of likely N-dealkylation sites (tertiary alicyclic amines) is 1. The van der Waals surface area contributed by atoms with Gasteiger partial charge in [-0.15, -0.1) is 0 Å². The minimum absolute atomic E-state index is 0.0239. The molecule has 1 unspecified atom stereocenters. The summed E-state index contributed by atoms with van der Waals surface area (Å²) >= 11 is 0. The third-order valence-corrected chi connectivity index (χ3v) is 4.51. The minimum Gasteiger partial charge on any atom is -0.337 e. The molecule has 2 N–H and O–H groups in total. The summed E-state index contributed by atoms with van der Waals surface area (Å²) in [6.45, 7) is 5.35.